The molecule has 3 heteroatoms. The fourth-order valence-electron chi connectivity index (χ4n) is 3.03. The summed E-state index contributed by atoms with van der Waals surface area (Å²) in [5.41, 5.74) is 1.21. The molecule has 1 aliphatic rings. The van der Waals surface area contributed by atoms with Crippen molar-refractivity contribution in [1.82, 2.24) is 0 Å². The Morgan fingerprint density at radius 3 is 2.17 bits per heavy atom. The van der Waals surface area contributed by atoms with E-state index in [0.29, 0.717) is 5.92 Å². The SMILES string of the molecule is COc1ccc(C(Cl)C2C(C)(C)C2(C)C)cc1F. The fraction of sp³-hybridized carbons (Fsp3) is 0.600. The van der Waals surface area contributed by atoms with Crippen molar-refractivity contribution in [1.29, 1.82) is 0 Å². The summed E-state index contributed by atoms with van der Waals surface area (Å²) in [6.45, 7) is 8.86. The molecule has 100 valence electrons. The smallest absolute Gasteiger partial charge is 0.165 e. The Hall–Kier alpha value is -0.760. The van der Waals surface area contributed by atoms with Crippen LogP contribution in [0.25, 0.3) is 0 Å². The highest BCUT2D eigenvalue weighted by Gasteiger charge is 2.67. The molecule has 1 aliphatic carbocycles. The minimum absolute atomic E-state index is 0.157. The highest BCUT2D eigenvalue weighted by molar-refractivity contribution is 6.21. The molecule has 1 fully saturated rings. The standard InChI is InChI=1S/C15H20ClFO/c1-14(2)13(15(14,3)4)12(16)9-6-7-11(18-5)10(17)8-9/h6-8,12-13H,1-5H3. The highest BCUT2D eigenvalue weighted by atomic mass is 35.5. The van der Waals surface area contributed by atoms with Gasteiger partial charge in [0.05, 0.1) is 12.5 Å². The van der Waals surface area contributed by atoms with Gasteiger partial charge in [-0.25, -0.2) is 4.39 Å². The van der Waals surface area contributed by atoms with E-state index in [-0.39, 0.29) is 27.8 Å². The largest absolute Gasteiger partial charge is 0.494 e. The predicted octanol–water partition coefficient (Wildman–Crippen LogP) is 4.80. The maximum atomic E-state index is 13.7. The van der Waals surface area contributed by atoms with Crippen molar-refractivity contribution in [2.75, 3.05) is 7.11 Å². The fourth-order valence-corrected chi connectivity index (χ4v) is 3.79. The highest BCUT2D eigenvalue weighted by Crippen LogP contribution is 2.73. The lowest BCUT2D eigenvalue weighted by Crippen LogP contribution is -2.01. The number of benzene rings is 1. The van der Waals surface area contributed by atoms with Gasteiger partial charge in [-0.2, -0.15) is 0 Å². The van der Waals surface area contributed by atoms with Crippen molar-refractivity contribution >= 4 is 11.6 Å². The number of ether oxygens (including phenoxy) is 1. The molecule has 0 aromatic heterocycles. The molecule has 1 saturated carbocycles. The molecule has 2 rings (SSSR count). The van der Waals surface area contributed by atoms with E-state index in [4.69, 9.17) is 16.3 Å². The second-order valence-corrected chi connectivity index (χ2v) is 6.69. The van der Waals surface area contributed by atoms with Crippen LogP contribution in [0.5, 0.6) is 5.75 Å². The van der Waals surface area contributed by atoms with Gasteiger partial charge in [0.1, 0.15) is 0 Å². The number of methoxy groups -OCH3 is 1. The van der Waals surface area contributed by atoms with Crippen LogP contribution in [0.4, 0.5) is 4.39 Å². The first-order valence-corrected chi connectivity index (χ1v) is 6.64. The van der Waals surface area contributed by atoms with E-state index >= 15 is 0 Å². The summed E-state index contributed by atoms with van der Waals surface area (Å²) >= 11 is 6.53. The van der Waals surface area contributed by atoms with E-state index in [1.165, 1.54) is 13.2 Å². The van der Waals surface area contributed by atoms with Crippen molar-refractivity contribution < 1.29 is 9.13 Å². The lowest BCUT2D eigenvalue weighted by atomic mass is 10.0. The third-order valence-corrected chi connectivity index (χ3v) is 5.42. The van der Waals surface area contributed by atoms with Crippen LogP contribution in [0.1, 0.15) is 38.6 Å². The third kappa shape index (κ3) is 1.82. The zero-order valence-electron chi connectivity index (χ0n) is 11.6. The molecule has 1 unspecified atom stereocenters. The summed E-state index contributed by atoms with van der Waals surface area (Å²) in [6, 6.07) is 4.98. The van der Waals surface area contributed by atoms with E-state index in [1.54, 1.807) is 6.07 Å². The first-order valence-electron chi connectivity index (χ1n) is 6.21. The van der Waals surface area contributed by atoms with Gasteiger partial charge in [0.15, 0.2) is 11.6 Å². The molecular formula is C15H20ClFO. The molecule has 1 aromatic rings. The Balaban J connectivity index is 2.26. The summed E-state index contributed by atoms with van der Waals surface area (Å²) in [4.78, 5) is 0. The average molecular weight is 271 g/mol. The van der Waals surface area contributed by atoms with Crippen molar-refractivity contribution in [3.8, 4) is 5.75 Å². The van der Waals surface area contributed by atoms with Crippen LogP contribution >= 0.6 is 11.6 Å². The predicted molar refractivity (Wildman–Crippen MR) is 72.6 cm³/mol. The Bertz CT molecular complexity index is 454. The molecular weight excluding hydrogens is 251 g/mol. The third-order valence-electron chi connectivity index (χ3n) is 4.92. The number of rotatable bonds is 3. The van der Waals surface area contributed by atoms with E-state index in [2.05, 4.69) is 27.7 Å². The van der Waals surface area contributed by atoms with Crippen LogP contribution in [-0.4, -0.2) is 7.11 Å². The van der Waals surface area contributed by atoms with Gasteiger partial charge < -0.3 is 4.74 Å². The summed E-state index contributed by atoms with van der Waals surface area (Å²) < 4.78 is 18.6. The van der Waals surface area contributed by atoms with E-state index in [1.807, 2.05) is 6.07 Å². The molecule has 1 nitrogen and oxygen atoms in total. The molecule has 1 aromatic carbocycles. The zero-order valence-corrected chi connectivity index (χ0v) is 12.3. The second kappa shape index (κ2) is 4.12. The molecule has 0 amide bonds. The van der Waals surface area contributed by atoms with Crippen molar-refractivity contribution in [3.05, 3.63) is 29.6 Å². The van der Waals surface area contributed by atoms with Crippen LogP contribution in [0.3, 0.4) is 0 Å². The maximum absolute atomic E-state index is 13.7. The van der Waals surface area contributed by atoms with Gasteiger partial charge in [-0.3, -0.25) is 0 Å². The monoisotopic (exact) mass is 270 g/mol. The maximum Gasteiger partial charge on any atom is 0.165 e. The van der Waals surface area contributed by atoms with E-state index in [9.17, 15) is 4.39 Å². The lowest BCUT2D eigenvalue weighted by molar-refractivity contribution is 0.386. The lowest BCUT2D eigenvalue weighted by Gasteiger charge is -2.13. The van der Waals surface area contributed by atoms with Crippen LogP contribution in [-0.2, 0) is 0 Å². The van der Waals surface area contributed by atoms with Gasteiger partial charge in [0, 0.05) is 0 Å². The van der Waals surface area contributed by atoms with Gasteiger partial charge >= 0.3 is 0 Å². The quantitative estimate of drug-likeness (QED) is 0.717. The molecule has 0 spiro atoms. The zero-order chi connectivity index (χ0) is 13.7. The van der Waals surface area contributed by atoms with Gasteiger partial charge in [-0.05, 0) is 34.4 Å². The first kappa shape index (κ1) is 13.7. The minimum Gasteiger partial charge on any atom is -0.494 e. The summed E-state index contributed by atoms with van der Waals surface area (Å²) in [6.07, 6.45) is 0. The number of alkyl halides is 1. The Morgan fingerprint density at radius 1 is 1.22 bits per heavy atom. The van der Waals surface area contributed by atoms with Crippen LogP contribution in [0, 0.1) is 22.6 Å². The molecule has 1 atom stereocenters. The molecule has 0 radical (unpaired) electrons. The Labute approximate surface area is 113 Å². The molecule has 0 heterocycles. The normalized spacial score (nSPS) is 22.6. The number of halogens is 2. The van der Waals surface area contributed by atoms with Crippen LogP contribution in [0.15, 0.2) is 18.2 Å². The summed E-state index contributed by atoms with van der Waals surface area (Å²) in [7, 11) is 1.46. The molecule has 0 N–H and O–H groups in total. The Kier molecular flexibility index (Phi) is 3.13. The van der Waals surface area contributed by atoms with E-state index in [0.717, 1.165) is 5.56 Å². The topological polar surface area (TPSA) is 9.23 Å². The molecule has 0 bridgehead atoms. The van der Waals surface area contributed by atoms with Gasteiger partial charge in [-0.1, -0.05) is 33.8 Å². The molecule has 0 saturated heterocycles. The summed E-state index contributed by atoms with van der Waals surface area (Å²) in [5.74, 6) is 0.272. The van der Waals surface area contributed by atoms with E-state index < -0.39 is 0 Å². The average Bonchev–Trinajstić information content (AvgIpc) is 2.68. The van der Waals surface area contributed by atoms with Crippen molar-refractivity contribution in [2.24, 2.45) is 16.7 Å². The van der Waals surface area contributed by atoms with Crippen molar-refractivity contribution in [2.45, 2.75) is 33.1 Å². The number of hydrogen-bond acceptors (Lipinski definition) is 1. The minimum atomic E-state index is -0.350. The first-order chi connectivity index (χ1) is 8.23. The van der Waals surface area contributed by atoms with Gasteiger partial charge in [-0.15, -0.1) is 11.6 Å². The van der Waals surface area contributed by atoms with Crippen LogP contribution < -0.4 is 4.74 Å². The second-order valence-electron chi connectivity index (χ2n) is 6.22. The van der Waals surface area contributed by atoms with Crippen molar-refractivity contribution in [3.63, 3.8) is 0 Å². The molecule has 18 heavy (non-hydrogen) atoms. The van der Waals surface area contributed by atoms with Gasteiger partial charge in [0.25, 0.3) is 0 Å². The van der Waals surface area contributed by atoms with Gasteiger partial charge in [0.2, 0.25) is 0 Å². The molecule has 0 aliphatic heterocycles. The summed E-state index contributed by atoms with van der Waals surface area (Å²) in [5, 5.41) is -0.157. The number of hydrogen-bond donors (Lipinski definition) is 0. The van der Waals surface area contributed by atoms with Crippen LogP contribution in [0.2, 0.25) is 0 Å². The Morgan fingerprint density at radius 2 is 1.78 bits per heavy atom.